The average Bonchev–Trinajstić information content (AvgIpc) is 2.52. The van der Waals surface area contributed by atoms with Gasteiger partial charge in [0.15, 0.2) is 0 Å². The summed E-state index contributed by atoms with van der Waals surface area (Å²) in [7, 11) is 0. The Hall–Kier alpha value is -2.01. The van der Waals surface area contributed by atoms with Crippen molar-refractivity contribution >= 4 is 17.5 Å². The van der Waals surface area contributed by atoms with E-state index < -0.39 is 17.6 Å². The highest BCUT2D eigenvalue weighted by Crippen LogP contribution is 2.38. The van der Waals surface area contributed by atoms with Crippen LogP contribution in [0.4, 0.5) is 13.2 Å². The molecular formula is C18H15ClF3NO. The van der Waals surface area contributed by atoms with Crippen molar-refractivity contribution < 1.29 is 18.0 Å². The summed E-state index contributed by atoms with van der Waals surface area (Å²) < 4.78 is 39.1. The molecule has 0 spiro atoms. The van der Waals surface area contributed by atoms with Crippen LogP contribution in [0.25, 0.3) is 0 Å². The third-order valence-corrected chi connectivity index (χ3v) is 4.62. The first-order chi connectivity index (χ1) is 11.4. The molecule has 0 aromatic heterocycles. The molecule has 1 amide bonds. The smallest absolute Gasteiger partial charge is 0.349 e. The van der Waals surface area contributed by atoms with Gasteiger partial charge in [-0.25, -0.2) is 0 Å². The van der Waals surface area contributed by atoms with Crippen molar-refractivity contribution in [1.82, 2.24) is 5.32 Å². The largest absolute Gasteiger partial charge is 0.417 e. The van der Waals surface area contributed by atoms with Gasteiger partial charge in [0.25, 0.3) is 5.91 Å². The van der Waals surface area contributed by atoms with Crippen LogP contribution >= 0.6 is 11.6 Å². The van der Waals surface area contributed by atoms with Gasteiger partial charge in [0.1, 0.15) is 0 Å². The van der Waals surface area contributed by atoms with E-state index in [0.29, 0.717) is 5.02 Å². The van der Waals surface area contributed by atoms with Crippen LogP contribution in [0.1, 0.15) is 40.2 Å². The van der Waals surface area contributed by atoms with Gasteiger partial charge in [-0.3, -0.25) is 4.79 Å². The normalized spacial score (nSPS) is 20.3. The highest BCUT2D eigenvalue weighted by molar-refractivity contribution is 6.30. The molecule has 0 bridgehead atoms. The first-order valence-corrected chi connectivity index (χ1v) is 7.96. The topological polar surface area (TPSA) is 29.1 Å². The fraction of sp³-hybridized carbons (Fsp3) is 0.278. The van der Waals surface area contributed by atoms with Crippen LogP contribution in [0.2, 0.25) is 5.02 Å². The molecule has 1 aliphatic rings. The lowest BCUT2D eigenvalue weighted by Crippen LogP contribution is -2.45. The monoisotopic (exact) mass is 353 g/mol. The minimum Gasteiger partial charge on any atom is -0.349 e. The van der Waals surface area contributed by atoms with Crippen molar-refractivity contribution in [2.75, 3.05) is 0 Å². The Kier molecular flexibility index (Phi) is 4.54. The molecule has 0 heterocycles. The number of benzene rings is 2. The fourth-order valence-corrected chi connectivity index (χ4v) is 3.08. The first-order valence-electron chi connectivity index (χ1n) is 7.59. The number of alkyl halides is 3. The molecule has 2 aromatic carbocycles. The molecule has 126 valence electrons. The molecular weight excluding hydrogens is 339 g/mol. The summed E-state index contributed by atoms with van der Waals surface area (Å²) in [6.45, 7) is 0. The fourth-order valence-electron chi connectivity index (χ4n) is 2.96. The van der Waals surface area contributed by atoms with Gasteiger partial charge in [0, 0.05) is 17.0 Å². The Bertz CT molecular complexity index is 743. The third kappa shape index (κ3) is 3.41. The number of hydrogen-bond acceptors (Lipinski definition) is 1. The number of nitrogens with one attached hydrogen (secondary N) is 1. The van der Waals surface area contributed by atoms with E-state index in [1.807, 2.05) is 12.1 Å². The summed E-state index contributed by atoms with van der Waals surface area (Å²) in [4.78, 5) is 12.3. The first kappa shape index (κ1) is 16.8. The maximum Gasteiger partial charge on any atom is 0.417 e. The van der Waals surface area contributed by atoms with Crippen LogP contribution in [0, 0.1) is 0 Å². The van der Waals surface area contributed by atoms with Crippen molar-refractivity contribution in [3.05, 3.63) is 70.2 Å². The van der Waals surface area contributed by atoms with Gasteiger partial charge in [-0.15, -0.1) is 0 Å². The van der Waals surface area contributed by atoms with Crippen molar-refractivity contribution in [2.45, 2.75) is 31.0 Å². The van der Waals surface area contributed by atoms with Crippen LogP contribution in [0.15, 0.2) is 48.5 Å². The molecule has 1 aliphatic carbocycles. The van der Waals surface area contributed by atoms with E-state index in [-0.39, 0.29) is 17.5 Å². The molecule has 0 radical (unpaired) electrons. The summed E-state index contributed by atoms with van der Waals surface area (Å²) in [6, 6.07) is 12.0. The third-order valence-electron chi connectivity index (χ3n) is 4.37. The van der Waals surface area contributed by atoms with Crippen molar-refractivity contribution in [1.29, 1.82) is 0 Å². The number of halogens is 4. The zero-order chi connectivity index (χ0) is 17.3. The summed E-state index contributed by atoms with van der Waals surface area (Å²) in [6.07, 6.45) is -2.93. The van der Waals surface area contributed by atoms with Gasteiger partial charge in [-0.2, -0.15) is 13.2 Å². The maximum atomic E-state index is 13.0. The van der Waals surface area contributed by atoms with E-state index in [1.165, 1.54) is 18.2 Å². The molecule has 24 heavy (non-hydrogen) atoms. The molecule has 1 unspecified atom stereocenters. The molecule has 6 heteroatoms. The van der Waals surface area contributed by atoms with E-state index in [1.54, 1.807) is 12.1 Å². The quantitative estimate of drug-likeness (QED) is 0.823. The lowest BCUT2D eigenvalue weighted by atomic mass is 9.75. The SMILES string of the molecule is O=C(NC1CC[C@@H]1c1ccc(Cl)cc1)c1ccccc1C(F)(F)F. The maximum absolute atomic E-state index is 13.0. The predicted octanol–water partition coefficient (Wildman–Crippen LogP) is 5.03. The number of rotatable bonds is 3. The lowest BCUT2D eigenvalue weighted by Gasteiger charge is -2.37. The van der Waals surface area contributed by atoms with Gasteiger partial charge in [0.2, 0.25) is 0 Å². The summed E-state index contributed by atoms with van der Waals surface area (Å²) in [5.41, 5.74) is -0.225. The Morgan fingerprint density at radius 3 is 2.29 bits per heavy atom. The van der Waals surface area contributed by atoms with Crippen molar-refractivity contribution in [2.24, 2.45) is 0 Å². The summed E-state index contributed by atoms with van der Waals surface area (Å²) in [5.74, 6) is -0.587. The zero-order valence-electron chi connectivity index (χ0n) is 12.6. The highest BCUT2D eigenvalue weighted by atomic mass is 35.5. The molecule has 2 aromatic rings. The second-order valence-corrected chi connectivity index (χ2v) is 6.30. The standard InChI is InChI=1S/C18H15ClF3NO/c19-12-7-5-11(6-8-12)13-9-10-16(13)23-17(24)14-3-1-2-4-15(14)18(20,21)22/h1-8,13,16H,9-10H2,(H,23,24)/t13-,16?/m1/s1. The second kappa shape index (κ2) is 6.48. The zero-order valence-corrected chi connectivity index (χ0v) is 13.4. The predicted molar refractivity (Wildman–Crippen MR) is 86.1 cm³/mol. The number of carbonyl (C=O) groups excluding carboxylic acids is 1. The minimum atomic E-state index is -4.55. The van der Waals surface area contributed by atoms with Gasteiger partial charge < -0.3 is 5.32 Å². The van der Waals surface area contributed by atoms with Crippen molar-refractivity contribution in [3.63, 3.8) is 0 Å². The highest BCUT2D eigenvalue weighted by Gasteiger charge is 2.37. The van der Waals surface area contributed by atoms with Crippen LogP contribution in [0.5, 0.6) is 0 Å². The lowest BCUT2D eigenvalue weighted by molar-refractivity contribution is -0.137. The van der Waals surface area contributed by atoms with Crippen LogP contribution in [-0.4, -0.2) is 11.9 Å². The molecule has 1 fully saturated rings. The van der Waals surface area contributed by atoms with E-state index in [4.69, 9.17) is 11.6 Å². The van der Waals surface area contributed by atoms with Gasteiger partial charge in [0.05, 0.1) is 11.1 Å². The number of hydrogen-bond donors (Lipinski definition) is 1. The number of amides is 1. The molecule has 0 saturated heterocycles. The molecule has 1 saturated carbocycles. The van der Waals surface area contributed by atoms with Gasteiger partial charge in [-0.1, -0.05) is 35.9 Å². The summed E-state index contributed by atoms with van der Waals surface area (Å²) in [5, 5.41) is 3.36. The summed E-state index contributed by atoms with van der Waals surface area (Å²) >= 11 is 5.86. The average molecular weight is 354 g/mol. The van der Waals surface area contributed by atoms with Gasteiger partial charge in [-0.05, 0) is 42.7 Å². The minimum absolute atomic E-state index is 0.101. The Labute approximate surface area is 142 Å². The van der Waals surface area contributed by atoms with E-state index in [2.05, 4.69) is 5.32 Å². The van der Waals surface area contributed by atoms with E-state index in [9.17, 15) is 18.0 Å². The molecule has 2 nitrogen and oxygen atoms in total. The molecule has 0 aliphatic heterocycles. The van der Waals surface area contributed by atoms with Gasteiger partial charge >= 0.3 is 6.18 Å². The van der Waals surface area contributed by atoms with E-state index >= 15 is 0 Å². The Balaban J connectivity index is 1.75. The Morgan fingerprint density at radius 2 is 1.71 bits per heavy atom. The van der Waals surface area contributed by atoms with Crippen LogP contribution in [0.3, 0.4) is 0 Å². The van der Waals surface area contributed by atoms with E-state index in [0.717, 1.165) is 24.5 Å². The Morgan fingerprint density at radius 1 is 1.04 bits per heavy atom. The molecule has 1 N–H and O–H groups in total. The van der Waals surface area contributed by atoms with Crippen molar-refractivity contribution in [3.8, 4) is 0 Å². The van der Waals surface area contributed by atoms with Crippen LogP contribution < -0.4 is 5.32 Å². The van der Waals surface area contributed by atoms with Crippen LogP contribution in [-0.2, 0) is 6.18 Å². The molecule has 2 atom stereocenters. The number of carbonyl (C=O) groups is 1. The molecule has 3 rings (SSSR count). The second-order valence-electron chi connectivity index (χ2n) is 5.86.